The molecule has 0 aliphatic rings. The van der Waals surface area contributed by atoms with Crippen molar-refractivity contribution in [3.63, 3.8) is 0 Å². The standard InChI is InChI=1S/C13H20N2O2/c1-3-17-13(16)8-11-4-6-12(7-5-11)15-9-10(2)14/h4-7,10,15H,3,8-9,14H2,1-2H3. The van der Waals surface area contributed by atoms with Gasteiger partial charge in [0.1, 0.15) is 0 Å². The Labute approximate surface area is 102 Å². The summed E-state index contributed by atoms with van der Waals surface area (Å²) in [5.41, 5.74) is 7.61. The Bertz CT molecular complexity index is 347. The van der Waals surface area contributed by atoms with Gasteiger partial charge in [-0.25, -0.2) is 0 Å². The molecule has 1 rings (SSSR count). The number of anilines is 1. The molecule has 94 valence electrons. The predicted molar refractivity (Wildman–Crippen MR) is 68.9 cm³/mol. The van der Waals surface area contributed by atoms with Crippen LogP contribution in [0.5, 0.6) is 0 Å². The zero-order valence-corrected chi connectivity index (χ0v) is 10.4. The molecule has 0 saturated heterocycles. The van der Waals surface area contributed by atoms with Crippen LogP contribution in [0.2, 0.25) is 0 Å². The molecule has 17 heavy (non-hydrogen) atoms. The number of nitrogens with two attached hydrogens (primary N) is 1. The smallest absolute Gasteiger partial charge is 0.310 e. The summed E-state index contributed by atoms with van der Waals surface area (Å²) >= 11 is 0. The number of carbonyl (C=O) groups is 1. The highest BCUT2D eigenvalue weighted by molar-refractivity contribution is 5.72. The molecule has 0 aromatic heterocycles. The van der Waals surface area contributed by atoms with E-state index in [9.17, 15) is 4.79 Å². The highest BCUT2D eigenvalue weighted by Crippen LogP contribution is 2.10. The third-order valence-corrected chi connectivity index (χ3v) is 2.24. The average molecular weight is 236 g/mol. The molecule has 0 amide bonds. The van der Waals surface area contributed by atoms with Gasteiger partial charge in [-0.3, -0.25) is 4.79 Å². The van der Waals surface area contributed by atoms with Crippen molar-refractivity contribution in [1.82, 2.24) is 0 Å². The van der Waals surface area contributed by atoms with E-state index < -0.39 is 0 Å². The van der Waals surface area contributed by atoms with Gasteiger partial charge in [-0.2, -0.15) is 0 Å². The maximum Gasteiger partial charge on any atom is 0.310 e. The van der Waals surface area contributed by atoms with E-state index in [4.69, 9.17) is 10.5 Å². The van der Waals surface area contributed by atoms with Crippen molar-refractivity contribution in [3.8, 4) is 0 Å². The summed E-state index contributed by atoms with van der Waals surface area (Å²) in [4.78, 5) is 11.3. The van der Waals surface area contributed by atoms with Crippen molar-refractivity contribution in [3.05, 3.63) is 29.8 Å². The molecule has 0 heterocycles. The molecular formula is C13H20N2O2. The van der Waals surface area contributed by atoms with Crippen LogP contribution >= 0.6 is 0 Å². The quantitative estimate of drug-likeness (QED) is 0.736. The molecule has 1 atom stereocenters. The largest absolute Gasteiger partial charge is 0.466 e. The first-order valence-corrected chi connectivity index (χ1v) is 5.85. The molecule has 0 radical (unpaired) electrons. The van der Waals surface area contributed by atoms with Crippen molar-refractivity contribution in [2.45, 2.75) is 26.3 Å². The maximum absolute atomic E-state index is 11.3. The lowest BCUT2D eigenvalue weighted by Gasteiger charge is -2.09. The first-order chi connectivity index (χ1) is 8.11. The number of ether oxygens (including phenoxy) is 1. The molecular weight excluding hydrogens is 216 g/mol. The van der Waals surface area contributed by atoms with Gasteiger partial charge >= 0.3 is 5.97 Å². The van der Waals surface area contributed by atoms with E-state index in [2.05, 4.69) is 5.32 Å². The normalized spacial score (nSPS) is 11.9. The average Bonchev–Trinajstić information content (AvgIpc) is 2.28. The zero-order chi connectivity index (χ0) is 12.7. The van der Waals surface area contributed by atoms with Gasteiger partial charge in [-0.15, -0.1) is 0 Å². The first-order valence-electron chi connectivity index (χ1n) is 5.85. The Kier molecular flexibility index (Phi) is 5.49. The number of esters is 1. The number of hydrogen-bond acceptors (Lipinski definition) is 4. The molecule has 4 nitrogen and oxygen atoms in total. The number of carbonyl (C=O) groups excluding carboxylic acids is 1. The highest BCUT2D eigenvalue weighted by Gasteiger charge is 2.03. The van der Waals surface area contributed by atoms with Crippen molar-refractivity contribution in [2.24, 2.45) is 5.73 Å². The van der Waals surface area contributed by atoms with Crippen LogP contribution in [0.25, 0.3) is 0 Å². The predicted octanol–water partition coefficient (Wildman–Crippen LogP) is 1.55. The Morgan fingerprint density at radius 3 is 2.59 bits per heavy atom. The minimum absolute atomic E-state index is 0.120. The van der Waals surface area contributed by atoms with Crippen LogP contribution in [0, 0.1) is 0 Å². The first kappa shape index (κ1) is 13.5. The van der Waals surface area contributed by atoms with Crippen LogP contribution in [-0.4, -0.2) is 25.2 Å². The van der Waals surface area contributed by atoms with Crippen LogP contribution in [0.1, 0.15) is 19.4 Å². The molecule has 1 unspecified atom stereocenters. The lowest BCUT2D eigenvalue weighted by molar-refractivity contribution is -0.142. The summed E-state index contributed by atoms with van der Waals surface area (Å²) in [6.07, 6.45) is 0.321. The number of rotatable bonds is 6. The van der Waals surface area contributed by atoms with Gasteiger partial charge in [0.2, 0.25) is 0 Å². The number of benzene rings is 1. The van der Waals surface area contributed by atoms with E-state index in [1.54, 1.807) is 6.92 Å². The molecule has 0 saturated carbocycles. The Morgan fingerprint density at radius 2 is 2.06 bits per heavy atom. The fourth-order valence-corrected chi connectivity index (χ4v) is 1.40. The van der Waals surface area contributed by atoms with Crippen molar-refractivity contribution in [2.75, 3.05) is 18.5 Å². The topological polar surface area (TPSA) is 64.3 Å². The van der Waals surface area contributed by atoms with Gasteiger partial charge in [0.15, 0.2) is 0 Å². The van der Waals surface area contributed by atoms with Crippen molar-refractivity contribution >= 4 is 11.7 Å². The monoisotopic (exact) mass is 236 g/mol. The summed E-state index contributed by atoms with van der Waals surface area (Å²) < 4.78 is 4.88. The SMILES string of the molecule is CCOC(=O)Cc1ccc(NCC(C)N)cc1. The van der Waals surface area contributed by atoms with Crippen molar-refractivity contribution in [1.29, 1.82) is 0 Å². The molecule has 1 aromatic carbocycles. The van der Waals surface area contributed by atoms with Crippen LogP contribution in [0.15, 0.2) is 24.3 Å². The van der Waals surface area contributed by atoms with E-state index in [-0.39, 0.29) is 12.0 Å². The second kappa shape index (κ2) is 6.91. The highest BCUT2D eigenvalue weighted by atomic mass is 16.5. The molecule has 0 spiro atoms. The van der Waals surface area contributed by atoms with Crippen LogP contribution < -0.4 is 11.1 Å². The second-order valence-corrected chi connectivity index (χ2v) is 4.04. The van der Waals surface area contributed by atoms with Gasteiger partial charge in [-0.05, 0) is 31.5 Å². The second-order valence-electron chi connectivity index (χ2n) is 4.04. The van der Waals surface area contributed by atoms with E-state index in [0.717, 1.165) is 17.8 Å². The maximum atomic E-state index is 11.3. The molecule has 4 heteroatoms. The molecule has 0 fully saturated rings. The minimum atomic E-state index is -0.191. The van der Waals surface area contributed by atoms with E-state index in [1.165, 1.54) is 0 Å². The lowest BCUT2D eigenvalue weighted by Crippen LogP contribution is -2.25. The Hall–Kier alpha value is -1.55. The summed E-state index contributed by atoms with van der Waals surface area (Å²) in [6.45, 7) is 4.91. The minimum Gasteiger partial charge on any atom is -0.466 e. The lowest BCUT2D eigenvalue weighted by atomic mass is 10.1. The van der Waals surface area contributed by atoms with Gasteiger partial charge in [0.05, 0.1) is 13.0 Å². The fraction of sp³-hybridized carbons (Fsp3) is 0.462. The van der Waals surface area contributed by atoms with E-state index in [1.807, 2.05) is 31.2 Å². The molecule has 0 aliphatic heterocycles. The summed E-state index contributed by atoms with van der Waals surface area (Å²) in [6, 6.07) is 7.84. The van der Waals surface area contributed by atoms with Crippen LogP contribution in [-0.2, 0) is 16.0 Å². The molecule has 0 aliphatic carbocycles. The third kappa shape index (κ3) is 5.36. The number of nitrogens with one attached hydrogen (secondary N) is 1. The molecule has 3 N–H and O–H groups in total. The van der Waals surface area contributed by atoms with Gasteiger partial charge in [-0.1, -0.05) is 12.1 Å². The summed E-state index contributed by atoms with van der Waals surface area (Å²) in [5.74, 6) is -0.191. The zero-order valence-electron chi connectivity index (χ0n) is 10.4. The Balaban J connectivity index is 2.47. The van der Waals surface area contributed by atoms with Gasteiger partial charge in [0, 0.05) is 18.3 Å². The van der Waals surface area contributed by atoms with Crippen LogP contribution in [0.4, 0.5) is 5.69 Å². The Morgan fingerprint density at radius 1 is 1.41 bits per heavy atom. The third-order valence-electron chi connectivity index (χ3n) is 2.24. The number of hydrogen-bond donors (Lipinski definition) is 2. The van der Waals surface area contributed by atoms with Crippen molar-refractivity contribution < 1.29 is 9.53 Å². The van der Waals surface area contributed by atoms with Gasteiger partial charge < -0.3 is 15.8 Å². The van der Waals surface area contributed by atoms with Crippen LogP contribution in [0.3, 0.4) is 0 Å². The fourth-order valence-electron chi connectivity index (χ4n) is 1.40. The summed E-state index contributed by atoms with van der Waals surface area (Å²) in [7, 11) is 0. The van der Waals surface area contributed by atoms with Gasteiger partial charge in [0.25, 0.3) is 0 Å². The molecule has 0 bridgehead atoms. The summed E-state index contributed by atoms with van der Waals surface area (Å²) in [5, 5.41) is 3.21. The van der Waals surface area contributed by atoms with E-state index >= 15 is 0 Å². The molecule has 1 aromatic rings. The van der Waals surface area contributed by atoms with E-state index in [0.29, 0.717) is 13.0 Å².